The van der Waals surface area contributed by atoms with Crippen LogP contribution in [0.1, 0.15) is 19.5 Å². The SMILES string of the molecule is C/C=C\C(C)=C/c1ccc[nH]1. The second kappa shape index (κ2) is 3.81. The molecule has 0 radical (unpaired) electrons. The predicted octanol–water partition coefficient (Wildman–Crippen LogP) is 2.99. The molecule has 58 valence electrons. The molecule has 0 unspecified atom stereocenters. The molecule has 1 heteroatoms. The van der Waals surface area contributed by atoms with Gasteiger partial charge < -0.3 is 4.98 Å². The number of allylic oxidation sites excluding steroid dienone is 3. The lowest BCUT2D eigenvalue weighted by Crippen LogP contribution is -1.71. The third-order valence-electron chi connectivity index (χ3n) is 1.43. The summed E-state index contributed by atoms with van der Waals surface area (Å²) in [6.45, 7) is 4.10. The van der Waals surface area contributed by atoms with Gasteiger partial charge in [0.1, 0.15) is 0 Å². The van der Waals surface area contributed by atoms with E-state index in [1.807, 2.05) is 31.3 Å². The average molecular weight is 147 g/mol. The largest absolute Gasteiger partial charge is 0.362 e. The predicted molar refractivity (Wildman–Crippen MR) is 49.3 cm³/mol. The molecular weight excluding hydrogens is 134 g/mol. The molecule has 0 aliphatic rings. The molecule has 0 atom stereocenters. The third kappa shape index (κ3) is 2.46. The van der Waals surface area contributed by atoms with Gasteiger partial charge in [-0.1, -0.05) is 12.2 Å². The number of hydrogen-bond acceptors (Lipinski definition) is 0. The van der Waals surface area contributed by atoms with Crippen molar-refractivity contribution in [2.24, 2.45) is 0 Å². The van der Waals surface area contributed by atoms with Crippen molar-refractivity contribution in [3.63, 3.8) is 0 Å². The van der Waals surface area contributed by atoms with E-state index in [1.54, 1.807) is 0 Å². The second-order valence-electron chi connectivity index (χ2n) is 2.51. The first-order valence-corrected chi connectivity index (χ1v) is 3.77. The fraction of sp³-hybridized carbons (Fsp3) is 0.200. The minimum absolute atomic E-state index is 1.15. The highest BCUT2D eigenvalue weighted by atomic mass is 14.7. The van der Waals surface area contributed by atoms with Crippen LogP contribution in [-0.4, -0.2) is 4.98 Å². The Kier molecular flexibility index (Phi) is 2.73. The summed E-state index contributed by atoms with van der Waals surface area (Å²) in [5, 5.41) is 0. The first kappa shape index (κ1) is 7.86. The van der Waals surface area contributed by atoms with Gasteiger partial charge in [0.2, 0.25) is 0 Å². The summed E-state index contributed by atoms with van der Waals surface area (Å²) in [6.07, 6.45) is 8.16. The van der Waals surface area contributed by atoms with Crippen LogP contribution in [0.5, 0.6) is 0 Å². The summed E-state index contributed by atoms with van der Waals surface area (Å²) in [5.41, 5.74) is 2.41. The van der Waals surface area contributed by atoms with Gasteiger partial charge in [-0.3, -0.25) is 0 Å². The van der Waals surface area contributed by atoms with Gasteiger partial charge >= 0.3 is 0 Å². The van der Waals surface area contributed by atoms with Gasteiger partial charge in [0.25, 0.3) is 0 Å². The number of rotatable bonds is 2. The number of aromatic nitrogens is 1. The van der Waals surface area contributed by atoms with E-state index in [0.717, 1.165) is 5.69 Å². The van der Waals surface area contributed by atoms with Crippen LogP contribution in [0.4, 0.5) is 0 Å². The molecule has 0 aliphatic heterocycles. The van der Waals surface area contributed by atoms with E-state index in [-0.39, 0.29) is 0 Å². The molecule has 1 nitrogen and oxygen atoms in total. The van der Waals surface area contributed by atoms with Gasteiger partial charge in [-0.15, -0.1) is 0 Å². The van der Waals surface area contributed by atoms with Crippen LogP contribution in [0.2, 0.25) is 0 Å². The van der Waals surface area contributed by atoms with Crippen molar-refractivity contribution in [2.75, 3.05) is 0 Å². The van der Waals surface area contributed by atoms with Gasteiger partial charge in [-0.2, -0.15) is 0 Å². The summed E-state index contributed by atoms with van der Waals surface area (Å²) >= 11 is 0. The summed E-state index contributed by atoms with van der Waals surface area (Å²) in [6, 6.07) is 4.04. The van der Waals surface area contributed by atoms with E-state index in [0.29, 0.717) is 0 Å². The molecule has 0 saturated heterocycles. The lowest BCUT2D eigenvalue weighted by Gasteiger charge is -1.89. The molecule has 0 fully saturated rings. The fourth-order valence-electron chi connectivity index (χ4n) is 0.990. The summed E-state index contributed by atoms with van der Waals surface area (Å²) < 4.78 is 0. The van der Waals surface area contributed by atoms with Crippen LogP contribution >= 0.6 is 0 Å². The lowest BCUT2D eigenvalue weighted by molar-refractivity contribution is 1.36. The van der Waals surface area contributed by atoms with Gasteiger partial charge in [-0.25, -0.2) is 0 Å². The maximum atomic E-state index is 3.12. The van der Waals surface area contributed by atoms with Crippen LogP contribution in [0.15, 0.2) is 36.1 Å². The van der Waals surface area contributed by atoms with Gasteiger partial charge in [0.15, 0.2) is 0 Å². The van der Waals surface area contributed by atoms with Crippen molar-refractivity contribution in [3.05, 3.63) is 41.7 Å². The van der Waals surface area contributed by atoms with E-state index in [2.05, 4.69) is 24.1 Å². The van der Waals surface area contributed by atoms with Crippen LogP contribution in [-0.2, 0) is 0 Å². The van der Waals surface area contributed by atoms with E-state index in [1.165, 1.54) is 5.57 Å². The Bertz CT molecular complexity index is 252. The second-order valence-corrected chi connectivity index (χ2v) is 2.51. The maximum absolute atomic E-state index is 3.12. The minimum Gasteiger partial charge on any atom is -0.362 e. The number of aromatic amines is 1. The Morgan fingerprint density at radius 1 is 1.55 bits per heavy atom. The molecule has 1 aromatic heterocycles. The molecule has 11 heavy (non-hydrogen) atoms. The third-order valence-corrected chi connectivity index (χ3v) is 1.43. The fourth-order valence-corrected chi connectivity index (χ4v) is 0.990. The minimum atomic E-state index is 1.15. The van der Waals surface area contributed by atoms with Crippen molar-refractivity contribution in [2.45, 2.75) is 13.8 Å². The zero-order valence-electron chi connectivity index (χ0n) is 6.96. The first-order valence-electron chi connectivity index (χ1n) is 3.77. The van der Waals surface area contributed by atoms with Crippen LogP contribution < -0.4 is 0 Å². The van der Waals surface area contributed by atoms with E-state index in [9.17, 15) is 0 Å². The van der Waals surface area contributed by atoms with Gasteiger partial charge in [0.05, 0.1) is 0 Å². The lowest BCUT2D eigenvalue weighted by atomic mass is 10.2. The highest BCUT2D eigenvalue weighted by Gasteiger charge is 1.85. The molecular formula is C10H13N. The molecule has 0 saturated carbocycles. The van der Waals surface area contributed by atoms with E-state index >= 15 is 0 Å². The zero-order chi connectivity index (χ0) is 8.10. The van der Waals surface area contributed by atoms with E-state index in [4.69, 9.17) is 0 Å². The summed E-state index contributed by atoms with van der Waals surface area (Å²) in [5.74, 6) is 0. The van der Waals surface area contributed by atoms with Crippen LogP contribution in [0, 0.1) is 0 Å². The monoisotopic (exact) mass is 147 g/mol. The Labute approximate surface area is 67.5 Å². The van der Waals surface area contributed by atoms with Crippen LogP contribution in [0.25, 0.3) is 6.08 Å². The van der Waals surface area contributed by atoms with Gasteiger partial charge in [-0.05, 0) is 37.6 Å². The molecule has 0 aromatic carbocycles. The van der Waals surface area contributed by atoms with Crippen molar-refractivity contribution in [1.82, 2.24) is 4.98 Å². The molecule has 1 rings (SSSR count). The number of nitrogens with one attached hydrogen (secondary N) is 1. The topological polar surface area (TPSA) is 15.8 Å². The molecule has 1 aromatic rings. The molecule has 0 bridgehead atoms. The van der Waals surface area contributed by atoms with Crippen molar-refractivity contribution in [1.29, 1.82) is 0 Å². The van der Waals surface area contributed by atoms with Crippen molar-refractivity contribution in [3.8, 4) is 0 Å². The highest BCUT2D eigenvalue weighted by Crippen LogP contribution is 2.04. The Balaban J connectivity index is 2.73. The van der Waals surface area contributed by atoms with Gasteiger partial charge in [0, 0.05) is 11.9 Å². The standard InChI is InChI=1S/C10H13N/c1-3-5-9(2)8-10-6-4-7-11-10/h3-8,11H,1-2H3/b5-3-,9-8-. The Morgan fingerprint density at radius 3 is 2.91 bits per heavy atom. The van der Waals surface area contributed by atoms with Crippen LogP contribution in [0.3, 0.4) is 0 Å². The van der Waals surface area contributed by atoms with E-state index < -0.39 is 0 Å². The highest BCUT2D eigenvalue weighted by molar-refractivity contribution is 5.51. The maximum Gasteiger partial charge on any atom is 0.0382 e. The summed E-state index contributed by atoms with van der Waals surface area (Å²) in [4.78, 5) is 3.12. The van der Waals surface area contributed by atoms with Crippen molar-refractivity contribution >= 4 is 6.08 Å². The molecule has 0 spiro atoms. The first-order chi connectivity index (χ1) is 5.33. The number of hydrogen-bond donors (Lipinski definition) is 1. The smallest absolute Gasteiger partial charge is 0.0382 e. The Morgan fingerprint density at radius 2 is 2.36 bits per heavy atom. The normalized spacial score (nSPS) is 12.7. The zero-order valence-corrected chi connectivity index (χ0v) is 6.96. The quantitative estimate of drug-likeness (QED) is 0.619. The molecule has 1 heterocycles. The summed E-state index contributed by atoms with van der Waals surface area (Å²) in [7, 11) is 0. The molecule has 0 aliphatic carbocycles. The average Bonchev–Trinajstić information content (AvgIpc) is 2.40. The molecule has 1 N–H and O–H groups in total. The van der Waals surface area contributed by atoms with Crippen molar-refractivity contribution < 1.29 is 0 Å². The number of H-pyrrole nitrogens is 1. The molecule has 0 amide bonds. The Hall–Kier alpha value is -1.24.